The van der Waals surface area contributed by atoms with Gasteiger partial charge in [-0.15, -0.1) is 11.8 Å². The zero-order chi connectivity index (χ0) is 20.8. The van der Waals surface area contributed by atoms with E-state index in [9.17, 15) is 4.79 Å². The highest BCUT2D eigenvalue weighted by molar-refractivity contribution is 7.99. The van der Waals surface area contributed by atoms with Crippen molar-refractivity contribution in [1.29, 1.82) is 0 Å². The van der Waals surface area contributed by atoms with Gasteiger partial charge in [-0.05, 0) is 43.5 Å². The number of anilines is 1. The van der Waals surface area contributed by atoms with E-state index in [1.165, 1.54) is 6.33 Å². The lowest BCUT2D eigenvalue weighted by Gasteiger charge is -2.30. The maximum Gasteiger partial charge on any atom is 0.165 e. The molecular formula is C22H27N5OS. The van der Waals surface area contributed by atoms with E-state index in [1.54, 1.807) is 11.8 Å². The molecule has 2 heterocycles. The van der Waals surface area contributed by atoms with Crippen LogP contribution in [0.15, 0.2) is 29.6 Å². The third-order valence-electron chi connectivity index (χ3n) is 5.49. The maximum atomic E-state index is 12.9. The lowest BCUT2D eigenvalue weighted by Crippen LogP contribution is -2.28. The number of nitrogen functional groups attached to an aromatic ring is 1. The fraction of sp³-hybridized carbons (Fsp3) is 0.409. The number of aryl methyl sites for hydroxylation is 1. The van der Waals surface area contributed by atoms with Gasteiger partial charge in [-0.25, -0.2) is 9.97 Å². The van der Waals surface area contributed by atoms with Gasteiger partial charge in [0.2, 0.25) is 0 Å². The zero-order valence-corrected chi connectivity index (χ0v) is 18.2. The average Bonchev–Trinajstić information content (AvgIpc) is 2.97. The van der Waals surface area contributed by atoms with Gasteiger partial charge in [-0.1, -0.05) is 13.8 Å². The third-order valence-corrected chi connectivity index (χ3v) is 6.59. The van der Waals surface area contributed by atoms with Crippen LogP contribution >= 0.6 is 11.8 Å². The Labute approximate surface area is 175 Å². The van der Waals surface area contributed by atoms with E-state index in [1.807, 2.05) is 20.0 Å². The van der Waals surface area contributed by atoms with Crippen LogP contribution in [0.1, 0.15) is 41.9 Å². The molecule has 0 saturated carbocycles. The molecule has 0 atom stereocenters. The summed E-state index contributed by atoms with van der Waals surface area (Å²) in [5, 5.41) is 4.06. The highest BCUT2D eigenvalue weighted by Gasteiger charge is 2.35. The minimum Gasteiger partial charge on any atom is -0.383 e. The molecular weight excluding hydrogens is 382 g/mol. The van der Waals surface area contributed by atoms with E-state index in [4.69, 9.17) is 5.73 Å². The van der Waals surface area contributed by atoms with Crippen LogP contribution in [0.25, 0.3) is 16.6 Å². The van der Waals surface area contributed by atoms with Gasteiger partial charge in [0.1, 0.15) is 12.1 Å². The minimum absolute atomic E-state index is 0.0461. The summed E-state index contributed by atoms with van der Waals surface area (Å²) in [4.78, 5) is 22.6. The van der Waals surface area contributed by atoms with E-state index < -0.39 is 0 Å². The molecule has 1 aliphatic carbocycles. The van der Waals surface area contributed by atoms with E-state index in [0.717, 1.165) is 57.0 Å². The first-order valence-electron chi connectivity index (χ1n) is 9.87. The second-order valence-corrected chi connectivity index (χ2v) is 9.57. The number of nitrogens with two attached hydrogens (primary N) is 1. The van der Waals surface area contributed by atoms with Crippen molar-refractivity contribution in [1.82, 2.24) is 19.9 Å². The molecule has 0 spiro atoms. The van der Waals surface area contributed by atoms with Gasteiger partial charge in [0.15, 0.2) is 5.78 Å². The largest absolute Gasteiger partial charge is 0.383 e. The first-order valence-corrected chi connectivity index (χ1v) is 10.9. The number of aromatic nitrogens is 3. The van der Waals surface area contributed by atoms with Gasteiger partial charge >= 0.3 is 0 Å². The number of carbonyl (C=O) groups is 1. The van der Waals surface area contributed by atoms with E-state index in [0.29, 0.717) is 12.2 Å². The molecule has 1 aromatic carbocycles. The maximum absolute atomic E-state index is 12.9. The number of hydrogen-bond donors (Lipinski definition) is 2. The highest BCUT2D eigenvalue weighted by Crippen LogP contribution is 2.41. The summed E-state index contributed by atoms with van der Waals surface area (Å²) in [6.07, 6.45) is 5.08. The van der Waals surface area contributed by atoms with Crippen molar-refractivity contribution in [3.8, 4) is 5.69 Å². The van der Waals surface area contributed by atoms with Crippen molar-refractivity contribution >= 4 is 34.3 Å². The summed E-state index contributed by atoms with van der Waals surface area (Å²) in [6, 6.07) is 4.06. The average molecular weight is 410 g/mol. The van der Waals surface area contributed by atoms with Crippen LogP contribution in [0.4, 0.5) is 5.82 Å². The Morgan fingerprint density at radius 3 is 2.83 bits per heavy atom. The Balaban J connectivity index is 1.94. The molecule has 3 N–H and O–H groups in total. The summed E-state index contributed by atoms with van der Waals surface area (Å²) in [5.74, 6) is 1.63. The van der Waals surface area contributed by atoms with Gasteiger partial charge < -0.3 is 15.6 Å². The zero-order valence-electron chi connectivity index (χ0n) is 17.4. The number of benzene rings is 1. The summed E-state index contributed by atoms with van der Waals surface area (Å²) in [5.41, 5.74) is 11.0. The Bertz CT molecular complexity index is 1100. The molecule has 1 aliphatic rings. The fourth-order valence-electron chi connectivity index (χ4n) is 4.19. The number of ketones is 1. The molecule has 0 bridgehead atoms. The molecule has 0 amide bonds. The van der Waals surface area contributed by atoms with E-state index >= 15 is 0 Å². The number of nitrogens with one attached hydrogen (secondary N) is 1. The molecule has 3 aromatic rings. The van der Waals surface area contributed by atoms with Gasteiger partial charge in [0.25, 0.3) is 0 Å². The van der Waals surface area contributed by atoms with Crippen LogP contribution in [-0.4, -0.2) is 39.7 Å². The van der Waals surface area contributed by atoms with Crippen molar-refractivity contribution in [2.24, 2.45) is 5.41 Å². The second-order valence-electron chi connectivity index (χ2n) is 8.47. The number of rotatable bonds is 5. The molecule has 0 fully saturated rings. The smallest absolute Gasteiger partial charge is 0.165 e. The molecule has 29 heavy (non-hydrogen) atoms. The SMILES string of the molecule is CNCCSc1c(-n2cc(C)c3c2CC(C)(C)CC3=O)ccc2c(N)ncnc12. The van der Waals surface area contributed by atoms with Crippen LogP contribution in [0.5, 0.6) is 0 Å². The quantitative estimate of drug-likeness (QED) is 0.493. The fourth-order valence-corrected chi connectivity index (χ4v) is 5.32. The van der Waals surface area contributed by atoms with Gasteiger partial charge in [-0.2, -0.15) is 0 Å². The molecule has 0 aliphatic heterocycles. The van der Waals surface area contributed by atoms with Crippen molar-refractivity contribution in [2.75, 3.05) is 25.1 Å². The highest BCUT2D eigenvalue weighted by atomic mass is 32.2. The van der Waals surface area contributed by atoms with Crippen LogP contribution in [0, 0.1) is 12.3 Å². The van der Waals surface area contributed by atoms with E-state index in [2.05, 4.69) is 46.0 Å². The van der Waals surface area contributed by atoms with Crippen molar-refractivity contribution in [3.05, 3.63) is 41.5 Å². The number of carbonyl (C=O) groups excluding carboxylic acids is 1. The van der Waals surface area contributed by atoms with Crippen molar-refractivity contribution < 1.29 is 4.79 Å². The lowest BCUT2D eigenvalue weighted by atomic mass is 9.75. The molecule has 7 heteroatoms. The Morgan fingerprint density at radius 2 is 2.07 bits per heavy atom. The Hall–Kier alpha value is -2.38. The molecule has 0 radical (unpaired) electrons. The minimum atomic E-state index is -0.0461. The van der Waals surface area contributed by atoms with Crippen LogP contribution in [0.3, 0.4) is 0 Å². The predicted molar refractivity (Wildman–Crippen MR) is 119 cm³/mol. The van der Waals surface area contributed by atoms with Crippen LogP contribution in [0.2, 0.25) is 0 Å². The summed E-state index contributed by atoms with van der Waals surface area (Å²) in [6.45, 7) is 7.24. The third kappa shape index (κ3) is 3.53. The van der Waals surface area contributed by atoms with Crippen LogP contribution < -0.4 is 11.1 Å². The summed E-state index contributed by atoms with van der Waals surface area (Å²) < 4.78 is 2.20. The molecule has 4 rings (SSSR count). The molecule has 0 saturated heterocycles. The number of thioether (sulfide) groups is 1. The predicted octanol–water partition coefficient (Wildman–Crippen LogP) is 3.78. The summed E-state index contributed by atoms with van der Waals surface area (Å²) in [7, 11) is 1.95. The lowest BCUT2D eigenvalue weighted by molar-refractivity contribution is 0.0910. The molecule has 6 nitrogen and oxygen atoms in total. The van der Waals surface area contributed by atoms with Gasteiger partial charge in [0.05, 0.1) is 16.1 Å². The van der Waals surface area contributed by atoms with Gasteiger partial charge in [-0.3, -0.25) is 4.79 Å². The number of nitrogens with zero attached hydrogens (tertiary/aromatic N) is 3. The standard InChI is InChI=1S/C22H27N5OS/c1-13-11-27(16-9-22(2,3)10-17(28)18(13)16)15-6-5-14-19(25-12-26-21(14)23)20(15)29-8-7-24-4/h5-6,11-12,24H,7-10H2,1-4H3,(H2,23,25,26). The second kappa shape index (κ2) is 7.46. The molecule has 0 unspecified atom stereocenters. The Kier molecular flexibility index (Phi) is 5.12. The summed E-state index contributed by atoms with van der Waals surface area (Å²) >= 11 is 1.75. The number of fused-ring (bicyclic) bond motifs is 2. The van der Waals surface area contributed by atoms with E-state index in [-0.39, 0.29) is 11.2 Å². The molecule has 2 aromatic heterocycles. The van der Waals surface area contributed by atoms with Crippen molar-refractivity contribution in [3.63, 3.8) is 0 Å². The van der Waals surface area contributed by atoms with Crippen LogP contribution in [-0.2, 0) is 6.42 Å². The topological polar surface area (TPSA) is 85.8 Å². The first kappa shape index (κ1) is 19.9. The number of Topliss-reactive ketones (excluding diaryl/α,β-unsaturated/α-hetero) is 1. The normalized spacial score (nSPS) is 15.7. The Morgan fingerprint density at radius 1 is 1.28 bits per heavy atom. The van der Waals surface area contributed by atoms with Crippen molar-refractivity contribution in [2.45, 2.75) is 38.5 Å². The number of hydrogen-bond acceptors (Lipinski definition) is 6. The van der Waals surface area contributed by atoms with Gasteiger partial charge in [0, 0.05) is 41.6 Å². The first-order chi connectivity index (χ1) is 13.8. The molecule has 152 valence electrons. The monoisotopic (exact) mass is 409 g/mol.